The number of carbonyl (C=O) groups is 1. The van der Waals surface area contributed by atoms with Gasteiger partial charge in [-0.1, -0.05) is 6.07 Å². The van der Waals surface area contributed by atoms with Crippen LogP contribution in [0.5, 0.6) is 0 Å². The van der Waals surface area contributed by atoms with E-state index >= 15 is 0 Å². The summed E-state index contributed by atoms with van der Waals surface area (Å²) in [6.45, 7) is 2.73. The van der Waals surface area contributed by atoms with Gasteiger partial charge in [0.1, 0.15) is 11.0 Å². The molecule has 3 rings (SSSR count). The first-order chi connectivity index (χ1) is 10.2. The maximum atomic E-state index is 12.2. The van der Waals surface area contributed by atoms with E-state index in [-0.39, 0.29) is 24.4 Å². The number of benzene rings is 1. The van der Waals surface area contributed by atoms with Crippen molar-refractivity contribution in [1.82, 2.24) is 19.0 Å². The summed E-state index contributed by atoms with van der Waals surface area (Å²) in [5.41, 5.74) is 2.86. The van der Waals surface area contributed by atoms with E-state index in [9.17, 15) is 4.79 Å². The van der Waals surface area contributed by atoms with Crippen LogP contribution >= 0.6 is 24.1 Å². The molecule has 1 atom stereocenters. The quantitative estimate of drug-likeness (QED) is 0.911. The van der Waals surface area contributed by atoms with E-state index in [0.717, 1.165) is 29.7 Å². The SMILES string of the molecule is CN(Cc1ccc2nsnc2c1)C(=O)CC1COCCN1.Cl. The number of halogens is 1. The van der Waals surface area contributed by atoms with Gasteiger partial charge in [0.15, 0.2) is 0 Å². The van der Waals surface area contributed by atoms with Gasteiger partial charge in [0.05, 0.1) is 24.9 Å². The average Bonchev–Trinajstić information content (AvgIpc) is 2.95. The van der Waals surface area contributed by atoms with Crippen molar-refractivity contribution in [3.05, 3.63) is 23.8 Å². The predicted molar refractivity (Wildman–Crippen MR) is 88.4 cm³/mol. The molecule has 1 aromatic heterocycles. The molecule has 0 spiro atoms. The van der Waals surface area contributed by atoms with Crippen LogP contribution in [-0.2, 0) is 16.1 Å². The normalized spacial score (nSPS) is 18.0. The highest BCUT2D eigenvalue weighted by Crippen LogP contribution is 2.15. The monoisotopic (exact) mass is 342 g/mol. The first-order valence-corrected chi connectivity index (χ1v) is 7.72. The molecule has 8 heteroatoms. The Morgan fingerprint density at radius 3 is 3.05 bits per heavy atom. The summed E-state index contributed by atoms with van der Waals surface area (Å²) < 4.78 is 13.8. The number of rotatable bonds is 4. The molecule has 1 amide bonds. The van der Waals surface area contributed by atoms with Gasteiger partial charge < -0.3 is 15.0 Å². The van der Waals surface area contributed by atoms with Crippen molar-refractivity contribution in [3.8, 4) is 0 Å². The van der Waals surface area contributed by atoms with Crippen molar-refractivity contribution in [2.24, 2.45) is 0 Å². The molecule has 0 saturated carbocycles. The molecule has 0 bridgehead atoms. The number of aromatic nitrogens is 2. The number of morpholine rings is 1. The van der Waals surface area contributed by atoms with Gasteiger partial charge >= 0.3 is 0 Å². The molecule has 0 radical (unpaired) electrons. The van der Waals surface area contributed by atoms with Crippen LogP contribution < -0.4 is 5.32 Å². The summed E-state index contributed by atoms with van der Waals surface area (Å²) >= 11 is 1.21. The van der Waals surface area contributed by atoms with Crippen molar-refractivity contribution >= 4 is 41.1 Å². The Hall–Kier alpha value is -1.28. The number of nitrogens with zero attached hydrogens (tertiary/aromatic N) is 3. The van der Waals surface area contributed by atoms with Crippen LogP contribution in [0.15, 0.2) is 18.2 Å². The highest BCUT2D eigenvalue weighted by Gasteiger charge is 2.19. The number of hydrogen-bond acceptors (Lipinski definition) is 6. The zero-order valence-corrected chi connectivity index (χ0v) is 14.0. The van der Waals surface area contributed by atoms with E-state index < -0.39 is 0 Å². The molecule has 1 unspecified atom stereocenters. The second kappa shape index (κ2) is 7.82. The number of ether oxygens (including phenoxy) is 1. The second-order valence-corrected chi connectivity index (χ2v) is 5.80. The van der Waals surface area contributed by atoms with Crippen LogP contribution in [-0.4, -0.2) is 52.4 Å². The molecule has 0 aliphatic carbocycles. The lowest BCUT2D eigenvalue weighted by atomic mass is 10.1. The minimum absolute atomic E-state index is 0. The highest BCUT2D eigenvalue weighted by atomic mass is 35.5. The van der Waals surface area contributed by atoms with Gasteiger partial charge in [-0.05, 0) is 17.7 Å². The Kier molecular flexibility index (Phi) is 6.07. The smallest absolute Gasteiger partial charge is 0.224 e. The fourth-order valence-electron chi connectivity index (χ4n) is 2.41. The van der Waals surface area contributed by atoms with Gasteiger partial charge in [-0.25, -0.2) is 0 Å². The summed E-state index contributed by atoms with van der Waals surface area (Å²) in [5.74, 6) is 0.120. The molecule has 1 N–H and O–H groups in total. The van der Waals surface area contributed by atoms with E-state index in [2.05, 4.69) is 14.1 Å². The number of hydrogen-bond donors (Lipinski definition) is 1. The van der Waals surface area contributed by atoms with E-state index in [1.54, 1.807) is 4.90 Å². The molecule has 1 aliphatic heterocycles. The Balaban J connectivity index is 0.00000176. The Bertz CT molecular complexity index is 630. The maximum Gasteiger partial charge on any atom is 0.224 e. The molecule has 1 fully saturated rings. The maximum absolute atomic E-state index is 12.2. The number of nitrogens with one attached hydrogen (secondary N) is 1. The molecule has 1 saturated heterocycles. The molecule has 120 valence electrons. The zero-order chi connectivity index (χ0) is 14.7. The lowest BCUT2D eigenvalue weighted by molar-refractivity contribution is -0.131. The topological polar surface area (TPSA) is 67.4 Å². The average molecular weight is 343 g/mol. The predicted octanol–water partition coefficient (Wildman–Crippen LogP) is 1.45. The van der Waals surface area contributed by atoms with Crippen LogP contribution in [0.1, 0.15) is 12.0 Å². The van der Waals surface area contributed by atoms with Gasteiger partial charge in [-0.15, -0.1) is 12.4 Å². The first-order valence-electron chi connectivity index (χ1n) is 6.98. The highest BCUT2D eigenvalue weighted by molar-refractivity contribution is 7.00. The first kappa shape index (κ1) is 17.1. The summed E-state index contributed by atoms with van der Waals surface area (Å²) in [7, 11) is 1.83. The molecule has 1 aliphatic rings. The van der Waals surface area contributed by atoms with E-state index in [1.165, 1.54) is 11.7 Å². The Morgan fingerprint density at radius 1 is 1.45 bits per heavy atom. The lowest BCUT2D eigenvalue weighted by Gasteiger charge is -2.25. The zero-order valence-electron chi connectivity index (χ0n) is 12.3. The van der Waals surface area contributed by atoms with Gasteiger partial charge in [0.25, 0.3) is 0 Å². The van der Waals surface area contributed by atoms with Gasteiger partial charge in [-0.2, -0.15) is 8.75 Å². The van der Waals surface area contributed by atoms with Crippen molar-refractivity contribution < 1.29 is 9.53 Å². The molecule has 1 aromatic carbocycles. The number of carbonyl (C=O) groups excluding carboxylic acids is 1. The third-order valence-corrected chi connectivity index (χ3v) is 4.14. The summed E-state index contributed by atoms with van der Waals surface area (Å²) in [6.07, 6.45) is 0.469. The van der Waals surface area contributed by atoms with Crippen molar-refractivity contribution in [3.63, 3.8) is 0 Å². The van der Waals surface area contributed by atoms with Crippen LogP contribution in [0.3, 0.4) is 0 Å². The molecule has 2 aromatic rings. The minimum Gasteiger partial charge on any atom is -0.378 e. The summed E-state index contributed by atoms with van der Waals surface area (Å²) in [4.78, 5) is 14.0. The summed E-state index contributed by atoms with van der Waals surface area (Å²) in [6, 6.07) is 6.06. The van der Waals surface area contributed by atoms with Gasteiger partial charge in [-0.3, -0.25) is 4.79 Å². The van der Waals surface area contributed by atoms with Crippen LogP contribution in [0.4, 0.5) is 0 Å². The number of amides is 1. The Morgan fingerprint density at radius 2 is 2.27 bits per heavy atom. The lowest BCUT2D eigenvalue weighted by Crippen LogP contribution is -2.44. The Labute approximate surface area is 139 Å². The van der Waals surface area contributed by atoms with Crippen molar-refractivity contribution in [2.75, 3.05) is 26.8 Å². The molecular weight excluding hydrogens is 324 g/mol. The molecule has 22 heavy (non-hydrogen) atoms. The molecule has 2 heterocycles. The third kappa shape index (κ3) is 4.13. The largest absolute Gasteiger partial charge is 0.378 e. The van der Waals surface area contributed by atoms with E-state index in [1.807, 2.05) is 25.2 Å². The van der Waals surface area contributed by atoms with E-state index in [4.69, 9.17) is 4.74 Å². The number of fused-ring (bicyclic) bond motifs is 1. The van der Waals surface area contributed by atoms with Gasteiger partial charge in [0.2, 0.25) is 5.91 Å². The standard InChI is InChI=1S/C14H18N4O2S.ClH/c1-18(14(19)7-11-9-20-5-4-15-11)8-10-2-3-12-13(6-10)17-21-16-12;/h2-3,6,11,15H,4-5,7-9H2,1H3;1H. The minimum atomic E-state index is 0. The third-order valence-electron chi connectivity index (χ3n) is 3.58. The summed E-state index contributed by atoms with van der Waals surface area (Å²) in [5, 5.41) is 3.30. The van der Waals surface area contributed by atoms with E-state index in [0.29, 0.717) is 19.6 Å². The van der Waals surface area contributed by atoms with Crippen molar-refractivity contribution in [1.29, 1.82) is 0 Å². The fraction of sp³-hybridized carbons (Fsp3) is 0.500. The fourth-order valence-corrected chi connectivity index (χ4v) is 2.92. The molecular formula is C14H19ClN4O2S. The van der Waals surface area contributed by atoms with Crippen LogP contribution in [0.25, 0.3) is 11.0 Å². The van der Waals surface area contributed by atoms with Crippen molar-refractivity contribution in [2.45, 2.75) is 19.0 Å². The van der Waals surface area contributed by atoms with Crippen LogP contribution in [0.2, 0.25) is 0 Å². The van der Waals surface area contributed by atoms with Crippen LogP contribution in [0, 0.1) is 0 Å². The van der Waals surface area contributed by atoms with Gasteiger partial charge in [0, 0.05) is 32.6 Å². The second-order valence-electron chi connectivity index (χ2n) is 5.27. The molecule has 6 nitrogen and oxygen atoms in total.